The Kier molecular flexibility index (Phi) is 2.67. The van der Waals surface area contributed by atoms with Crippen LogP contribution in [0.25, 0.3) is 11.1 Å². The summed E-state index contributed by atoms with van der Waals surface area (Å²) in [5, 5.41) is 9.87. The quantitative estimate of drug-likeness (QED) is 0.831. The van der Waals surface area contributed by atoms with Crippen LogP contribution in [0.5, 0.6) is 11.5 Å². The van der Waals surface area contributed by atoms with Crippen LogP contribution in [-0.2, 0) is 6.42 Å². The van der Waals surface area contributed by atoms with Gasteiger partial charge in [0.05, 0.1) is 6.61 Å². The molecule has 3 rings (SSSR count). The predicted molar refractivity (Wildman–Crippen MR) is 67.3 cm³/mol. The predicted octanol–water partition coefficient (Wildman–Crippen LogP) is 3.52. The molecule has 1 heterocycles. The van der Waals surface area contributed by atoms with E-state index < -0.39 is 0 Å². The van der Waals surface area contributed by atoms with Crippen molar-refractivity contribution in [1.29, 1.82) is 0 Å². The molecule has 0 unspecified atom stereocenters. The number of phenols is 1. The van der Waals surface area contributed by atoms with E-state index in [-0.39, 0.29) is 11.6 Å². The molecule has 2 aromatic carbocycles. The average molecular weight is 244 g/mol. The van der Waals surface area contributed by atoms with Crippen molar-refractivity contribution in [2.24, 2.45) is 0 Å². The fourth-order valence-electron chi connectivity index (χ4n) is 2.33. The third kappa shape index (κ3) is 1.82. The number of phenolic OH excluding ortho intramolecular Hbond substituents is 1. The van der Waals surface area contributed by atoms with E-state index >= 15 is 0 Å². The van der Waals surface area contributed by atoms with E-state index in [4.69, 9.17) is 4.74 Å². The molecule has 0 atom stereocenters. The molecule has 92 valence electrons. The van der Waals surface area contributed by atoms with Gasteiger partial charge in [-0.25, -0.2) is 4.39 Å². The van der Waals surface area contributed by atoms with Crippen LogP contribution in [0.1, 0.15) is 12.0 Å². The Morgan fingerprint density at radius 1 is 1.11 bits per heavy atom. The lowest BCUT2D eigenvalue weighted by Crippen LogP contribution is -2.09. The van der Waals surface area contributed by atoms with Crippen LogP contribution in [0.4, 0.5) is 4.39 Å². The van der Waals surface area contributed by atoms with Gasteiger partial charge in [0.1, 0.15) is 17.3 Å². The molecule has 2 nitrogen and oxygen atoms in total. The second kappa shape index (κ2) is 4.33. The molecule has 0 radical (unpaired) electrons. The lowest BCUT2D eigenvalue weighted by Gasteiger charge is -2.20. The van der Waals surface area contributed by atoms with Crippen molar-refractivity contribution in [2.45, 2.75) is 12.8 Å². The second-order valence-electron chi connectivity index (χ2n) is 4.41. The van der Waals surface area contributed by atoms with Gasteiger partial charge in [0, 0.05) is 11.1 Å². The number of hydrogen-bond donors (Lipinski definition) is 1. The highest BCUT2D eigenvalue weighted by atomic mass is 19.1. The molecule has 0 saturated heterocycles. The Morgan fingerprint density at radius 3 is 2.89 bits per heavy atom. The van der Waals surface area contributed by atoms with Crippen molar-refractivity contribution in [3.05, 3.63) is 47.8 Å². The van der Waals surface area contributed by atoms with Gasteiger partial charge in [-0.1, -0.05) is 18.2 Å². The number of rotatable bonds is 1. The molecule has 0 aromatic heterocycles. The number of fused-ring (bicyclic) bond motifs is 1. The third-order valence-electron chi connectivity index (χ3n) is 3.18. The standard InChI is InChI=1S/C15H13FO2/c16-11-6-7-14(17)13(9-11)12-5-1-3-10-4-2-8-18-15(10)12/h1,3,5-7,9,17H,2,4,8H2. The number of aromatic hydroxyl groups is 1. The summed E-state index contributed by atoms with van der Waals surface area (Å²) < 4.78 is 19.0. The van der Waals surface area contributed by atoms with Crippen molar-refractivity contribution >= 4 is 0 Å². The third-order valence-corrected chi connectivity index (χ3v) is 3.18. The summed E-state index contributed by atoms with van der Waals surface area (Å²) >= 11 is 0. The number of benzene rings is 2. The van der Waals surface area contributed by atoms with E-state index in [1.165, 1.54) is 18.2 Å². The van der Waals surface area contributed by atoms with E-state index in [1.807, 2.05) is 18.2 Å². The summed E-state index contributed by atoms with van der Waals surface area (Å²) in [5.41, 5.74) is 2.35. The van der Waals surface area contributed by atoms with Crippen LogP contribution in [0.2, 0.25) is 0 Å². The molecule has 1 N–H and O–H groups in total. The van der Waals surface area contributed by atoms with Gasteiger partial charge in [0.25, 0.3) is 0 Å². The Morgan fingerprint density at radius 2 is 2.00 bits per heavy atom. The Hall–Kier alpha value is -2.03. The van der Waals surface area contributed by atoms with Crippen LogP contribution >= 0.6 is 0 Å². The van der Waals surface area contributed by atoms with Crippen molar-refractivity contribution in [2.75, 3.05) is 6.61 Å². The molecule has 1 aliphatic rings. The zero-order valence-corrected chi connectivity index (χ0v) is 9.82. The highest BCUT2D eigenvalue weighted by Crippen LogP contribution is 2.40. The molecule has 0 spiro atoms. The first kappa shape index (κ1) is 11.1. The smallest absolute Gasteiger partial charge is 0.130 e. The fraction of sp³-hybridized carbons (Fsp3) is 0.200. The van der Waals surface area contributed by atoms with Gasteiger partial charge < -0.3 is 9.84 Å². The van der Waals surface area contributed by atoms with Gasteiger partial charge >= 0.3 is 0 Å². The summed E-state index contributed by atoms with van der Waals surface area (Å²) in [4.78, 5) is 0. The van der Waals surface area contributed by atoms with E-state index in [0.717, 1.165) is 29.7 Å². The average Bonchev–Trinajstić information content (AvgIpc) is 2.41. The van der Waals surface area contributed by atoms with Crippen LogP contribution in [-0.4, -0.2) is 11.7 Å². The zero-order valence-electron chi connectivity index (χ0n) is 9.82. The maximum Gasteiger partial charge on any atom is 0.130 e. The summed E-state index contributed by atoms with van der Waals surface area (Å²) in [6.07, 6.45) is 1.95. The van der Waals surface area contributed by atoms with Gasteiger partial charge in [0.2, 0.25) is 0 Å². The topological polar surface area (TPSA) is 29.5 Å². The summed E-state index contributed by atoms with van der Waals surface area (Å²) in [6, 6.07) is 9.71. The normalized spacial score (nSPS) is 13.8. The Labute approximate surface area is 105 Å². The maximum absolute atomic E-state index is 13.3. The molecule has 0 saturated carbocycles. The number of hydrogen-bond acceptors (Lipinski definition) is 2. The Balaban J connectivity index is 2.19. The zero-order chi connectivity index (χ0) is 12.5. The van der Waals surface area contributed by atoms with Crippen LogP contribution in [0, 0.1) is 5.82 Å². The van der Waals surface area contributed by atoms with Crippen molar-refractivity contribution in [3.8, 4) is 22.6 Å². The summed E-state index contributed by atoms with van der Waals surface area (Å²) in [5.74, 6) is 0.472. The molecule has 0 bridgehead atoms. The lowest BCUT2D eigenvalue weighted by atomic mass is 9.97. The van der Waals surface area contributed by atoms with Gasteiger partial charge in [0.15, 0.2) is 0 Å². The fourth-order valence-corrected chi connectivity index (χ4v) is 2.33. The molecule has 18 heavy (non-hydrogen) atoms. The van der Waals surface area contributed by atoms with Crippen molar-refractivity contribution in [3.63, 3.8) is 0 Å². The monoisotopic (exact) mass is 244 g/mol. The van der Waals surface area contributed by atoms with Crippen molar-refractivity contribution in [1.82, 2.24) is 0 Å². The highest BCUT2D eigenvalue weighted by molar-refractivity contribution is 5.77. The van der Waals surface area contributed by atoms with Gasteiger partial charge in [-0.3, -0.25) is 0 Å². The lowest BCUT2D eigenvalue weighted by molar-refractivity contribution is 0.289. The number of halogens is 1. The highest BCUT2D eigenvalue weighted by Gasteiger charge is 2.17. The van der Waals surface area contributed by atoms with Crippen molar-refractivity contribution < 1.29 is 14.2 Å². The second-order valence-corrected chi connectivity index (χ2v) is 4.41. The van der Waals surface area contributed by atoms with Crippen LogP contribution in [0.15, 0.2) is 36.4 Å². The molecule has 1 aliphatic heterocycles. The summed E-state index contributed by atoms with van der Waals surface area (Å²) in [7, 11) is 0. The van der Waals surface area contributed by atoms with E-state index in [0.29, 0.717) is 12.2 Å². The van der Waals surface area contributed by atoms with Gasteiger partial charge in [-0.15, -0.1) is 0 Å². The largest absolute Gasteiger partial charge is 0.507 e. The minimum absolute atomic E-state index is 0.0685. The number of ether oxygens (including phenoxy) is 1. The molecule has 0 aliphatic carbocycles. The van der Waals surface area contributed by atoms with Gasteiger partial charge in [-0.05, 0) is 36.6 Å². The Bertz CT molecular complexity index is 593. The van der Waals surface area contributed by atoms with E-state index in [1.54, 1.807) is 0 Å². The molecular weight excluding hydrogens is 231 g/mol. The molecule has 3 heteroatoms. The SMILES string of the molecule is Oc1ccc(F)cc1-c1cccc2c1OCCC2. The molecule has 0 amide bonds. The van der Waals surface area contributed by atoms with E-state index in [2.05, 4.69) is 0 Å². The molecule has 0 fully saturated rings. The molecule has 2 aromatic rings. The number of aryl methyl sites for hydroxylation is 1. The first-order valence-corrected chi connectivity index (χ1v) is 5.99. The maximum atomic E-state index is 13.3. The minimum Gasteiger partial charge on any atom is -0.507 e. The van der Waals surface area contributed by atoms with Crippen LogP contribution < -0.4 is 4.74 Å². The first-order valence-electron chi connectivity index (χ1n) is 5.99. The minimum atomic E-state index is -0.365. The molecular formula is C15H13FO2. The number of para-hydroxylation sites is 1. The first-order chi connectivity index (χ1) is 8.75. The van der Waals surface area contributed by atoms with E-state index in [9.17, 15) is 9.50 Å². The van der Waals surface area contributed by atoms with Gasteiger partial charge in [-0.2, -0.15) is 0 Å². The summed E-state index contributed by atoms with van der Waals surface area (Å²) in [6.45, 7) is 0.667. The van der Waals surface area contributed by atoms with Crippen LogP contribution in [0.3, 0.4) is 0 Å².